The number of aromatic nitrogens is 2. The van der Waals surface area contributed by atoms with Gasteiger partial charge in [0.25, 0.3) is 5.56 Å². The number of nitrogen functional groups attached to an aromatic ring is 1. The molecule has 0 unspecified atom stereocenters. The maximum absolute atomic E-state index is 11.6. The molecule has 1 amide bonds. The first-order valence-electron chi connectivity index (χ1n) is 5.98. The first-order chi connectivity index (χ1) is 9.65. The Morgan fingerprint density at radius 3 is 2.80 bits per heavy atom. The molecule has 2 aromatic rings. The second-order valence-corrected chi connectivity index (χ2v) is 3.99. The fourth-order valence-electron chi connectivity index (χ4n) is 1.49. The van der Waals surface area contributed by atoms with Crippen molar-refractivity contribution in [1.82, 2.24) is 10.2 Å². The van der Waals surface area contributed by atoms with Gasteiger partial charge in [0, 0.05) is 6.07 Å². The van der Waals surface area contributed by atoms with Gasteiger partial charge in [-0.25, -0.2) is 5.10 Å². The molecule has 0 saturated heterocycles. The molecule has 0 radical (unpaired) electrons. The Labute approximate surface area is 114 Å². The Morgan fingerprint density at radius 1 is 1.30 bits per heavy atom. The zero-order chi connectivity index (χ0) is 14.4. The maximum Gasteiger partial charge on any atom is 0.264 e. The molecular weight excluding hydrogens is 260 g/mol. The predicted octanol–water partition coefficient (Wildman–Crippen LogP) is 0.760. The zero-order valence-corrected chi connectivity index (χ0v) is 10.6. The van der Waals surface area contributed by atoms with E-state index >= 15 is 0 Å². The number of nitrogens with one attached hydrogen (secondary N) is 2. The number of rotatable bonds is 5. The minimum atomic E-state index is -0.328. The lowest BCUT2D eigenvalue weighted by atomic mass is 10.3. The third kappa shape index (κ3) is 3.84. The number of benzene rings is 1. The second kappa shape index (κ2) is 6.37. The number of nitrogens with two attached hydrogens (primary N) is 1. The van der Waals surface area contributed by atoms with Gasteiger partial charge in [-0.05, 0) is 18.2 Å². The van der Waals surface area contributed by atoms with Crippen molar-refractivity contribution in [2.75, 3.05) is 17.7 Å². The topological polar surface area (TPSA) is 110 Å². The number of carbonyl (C=O) groups is 1. The van der Waals surface area contributed by atoms with Crippen LogP contribution in [0.4, 0.5) is 11.5 Å². The van der Waals surface area contributed by atoms with Crippen LogP contribution in [0.25, 0.3) is 0 Å². The summed E-state index contributed by atoms with van der Waals surface area (Å²) < 4.78 is 5.40. The van der Waals surface area contributed by atoms with Gasteiger partial charge in [-0.15, -0.1) is 0 Å². The number of carbonyl (C=O) groups excluding carboxylic acids is 1. The zero-order valence-electron chi connectivity index (χ0n) is 10.6. The number of hydrogen-bond donors (Lipinski definition) is 3. The lowest BCUT2D eigenvalue weighted by molar-refractivity contribution is -0.116. The summed E-state index contributed by atoms with van der Waals surface area (Å²) in [6.45, 7) is 0.198. The van der Waals surface area contributed by atoms with Gasteiger partial charge in [-0.2, -0.15) is 5.10 Å². The van der Waals surface area contributed by atoms with E-state index in [2.05, 4.69) is 15.5 Å². The van der Waals surface area contributed by atoms with E-state index in [1.54, 1.807) is 24.3 Å². The van der Waals surface area contributed by atoms with Crippen molar-refractivity contribution in [2.24, 2.45) is 0 Å². The van der Waals surface area contributed by atoms with Crippen LogP contribution in [0.15, 0.2) is 41.2 Å². The lowest BCUT2D eigenvalue weighted by Crippen LogP contribution is -2.18. The SMILES string of the molecule is Nc1ccccc1OCCC(=O)Nc1ccc(=O)[nH]n1. The molecule has 1 heterocycles. The van der Waals surface area contributed by atoms with Crippen LogP contribution in [-0.4, -0.2) is 22.7 Å². The van der Waals surface area contributed by atoms with Crippen molar-refractivity contribution in [2.45, 2.75) is 6.42 Å². The fourth-order valence-corrected chi connectivity index (χ4v) is 1.49. The highest BCUT2D eigenvalue weighted by Gasteiger charge is 2.05. The summed E-state index contributed by atoms with van der Waals surface area (Å²) >= 11 is 0. The Balaban J connectivity index is 1.79. The Morgan fingerprint density at radius 2 is 2.10 bits per heavy atom. The van der Waals surface area contributed by atoms with Gasteiger partial charge in [0.05, 0.1) is 18.7 Å². The summed E-state index contributed by atoms with van der Waals surface area (Å²) in [5, 5.41) is 8.43. The van der Waals surface area contributed by atoms with Crippen LogP contribution in [0.1, 0.15) is 6.42 Å². The largest absolute Gasteiger partial charge is 0.491 e. The Bertz CT molecular complexity index is 634. The van der Waals surface area contributed by atoms with Crippen LogP contribution in [-0.2, 0) is 4.79 Å². The van der Waals surface area contributed by atoms with E-state index in [-0.39, 0.29) is 30.3 Å². The normalized spacial score (nSPS) is 10.0. The molecule has 7 nitrogen and oxygen atoms in total. The molecule has 0 aliphatic rings. The van der Waals surface area contributed by atoms with Gasteiger partial charge in [-0.1, -0.05) is 12.1 Å². The van der Waals surface area contributed by atoms with E-state index in [1.807, 2.05) is 0 Å². The predicted molar refractivity (Wildman–Crippen MR) is 74.5 cm³/mol. The summed E-state index contributed by atoms with van der Waals surface area (Å²) in [4.78, 5) is 22.4. The van der Waals surface area contributed by atoms with E-state index in [0.717, 1.165) is 0 Å². The van der Waals surface area contributed by atoms with Crippen LogP contribution in [0.5, 0.6) is 5.75 Å². The van der Waals surface area contributed by atoms with Crippen LogP contribution >= 0.6 is 0 Å². The smallest absolute Gasteiger partial charge is 0.264 e. The number of anilines is 2. The molecular formula is C13H14N4O3. The molecule has 104 valence electrons. The monoisotopic (exact) mass is 274 g/mol. The number of ether oxygens (including phenoxy) is 1. The van der Waals surface area contributed by atoms with E-state index in [9.17, 15) is 9.59 Å². The molecule has 2 rings (SSSR count). The molecule has 1 aromatic carbocycles. The van der Waals surface area contributed by atoms with Crippen molar-refractivity contribution in [3.63, 3.8) is 0 Å². The highest BCUT2D eigenvalue weighted by molar-refractivity contribution is 5.89. The van der Waals surface area contributed by atoms with Crippen LogP contribution < -0.4 is 21.3 Å². The summed E-state index contributed by atoms with van der Waals surface area (Å²) in [6.07, 6.45) is 0.148. The minimum absolute atomic E-state index is 0.148. The van der Waals surface area contributed by atoms with Gasteiger partial charge < -0.3 is 15.8 Å². The van der Waals surface area contributed by atoms with Crippen LogP contribution in [0, 0.1) is 0 Å². The van der Waals surface area contributed by atoms with E-state index in [1.165, 1.54) is 12.1 Å². The first kappa shape index (κ1) is 13.6. The molecule has 0 saturated carbocycles. The van der Waals surface area contributed by atoms with Gasteiger partial charge in [0.1, 0.15) is 5.75 Å². The molecule has 20 heavy (non-hydrogen) atoms. The highest BCUT2D eigenvalue weighted by Crippen LogP contribution is 2.19. The van der Waals surface area contributed by atoms with Crippen molar-refractivity contribution in [3.05, 3.63) is 46.8 Å². The number of amides is 1. The fraction of sp³-hybridized carbons (Fsp3) is 0.154. The summed E-state index contributed by atoms with van der Waals surface area (Å²) in [5.41, 5.74) is 5.90. The van der Waals surface area contributed by atoms with Crippen molar-refractivity contribution in [3.8, 4) is 5.75 Å². The number of H-pyrrole nitrogens is 1. The third-order valence-electron chi connectivity index (χ3n) is 2.45. The molecule has 0 atom stereocenters. The van der Waals surface area contributed by atoms with Crippen LogP contribution in [0.2, 0.25) is 0 Å². The number of nitrogens with zero attached hydrogens (tertiary/aromatic N) is 1. The average Bonchev–Trinajstić information content (AvgIpc) is 2.43. The highest BCUT2D eigenvalue weighted by atomic mass is 16.5. The Kier molecular flexibility index (Phi) is 4.33. The Hall–Kier alpha value is -2.83. The van der Waals surface area contributed by atoms with Crippen molar-refractivity contribution in [1.29, 1.82) is 0 Å². The first-order valence-corrected chi connectivity index (χ1v) is 5.98. The molecule has 0 fully saturated rings. The number of para-hydroxylation sites is 2. The van der Waals surface area contributed by atoms with Gasteiger partial charge >= 0.3 is 0 Å². The number of hydrogen-bond acceptors (Lipinski definition) is 5. The van der Waals surface area contributed by atoms with Gasteiger partial charge in [-0.3, -0.25) is 9.59 Å². The molecule has 0 spiro atoms. The molecule has 0 bridgehead atoms. The maximum atomic E-state index is 11.6. The third-order valence-corrected chi connectivity index (χ3v) is 2.45. The van der Waals surface area contributed by atoms with Gasteiger partial charge in [0.2, 0.25) is 5.91 Å². The van der Waals surface area contributed by atoms with E-state index < -0.39 is 0 Å². The van der Waals surface area contributed by atoms with Crippen molar-refractivity contribution < 1.29 is 9.53 Å². The minimum Gasteiger partial charge on any atom is -0.491 e. The summed E-state index contributed by atoms with van der Waals surface area (Å²) in [5.74, 6) is 0.565. The van der Waals surface area contributed by atoms with Crippen molar-refractivity contribution >= 4 is 17.4 Å². The number of aromatic amines is 1. The van der Waals surface area contributed by atoms with Crippen LogP contribution in [0.3, 0.4) is 0 Å². The molecule has 7 heteroatoms. The standard InChI is InChI=1S/C13H14N4O3/c14-9-3-1-2-4-10(9)20-8-7-12(18)15-11-5-6-13(19)17-16-11/h1-6H,7-8,14H2,(H,17,19)(H,15,16,18). The second-order valence-electron chi connectivity index (χ2n) is 3.99. The quantitative estimate of drug-likeness (QED) is 0.697. The average molecular weight is 274 g/mol. The molecule has 1 aromatic heterocycles. The summed E-state index contributed by atoms with van der Waals surface area (Å²) in [6, 6.07) is 9.76. The van der Waals surface area contributed by atoms with E-state index in [0.29, 0.717) is 11.4 Å². The lowest BCUT2D eigenvalue weighted by Gasteiger charge is -2.08. The molecule has 0 aliphatic carbocycles. The molecule has 4 N–H and O–H groups in total. The summed E-state index contributed by atoms with van der Waals surface area (Å²) in [7, 11) is 0. The van der Waals surface area contributed by atoms with Gasteiger partial charge in [0.15, 0.2) is 5.82 Å². The van der Waals surface area contributed by atoms with E-state index in [4.69, 9.17) is 10.5 Å². The molecule has 0 aliphatic heterocycles.